The molecule has 0 aliphatic rings. The number of aliphatic hydroxyl groups excluding tert-OH is 1. The van der Waals surface area contributed by atoms with Gasteiger partial charge in [-0.1, -0.05) is 12.1 Å². The molecule has 5 heteroatoms. The van der Waals surface area contributed by atoms with Crippen LogP contribution in [0, 0.1) is 11.6 Å². The SMILES string of the molecule is O=C(COc1ccc(CCO)cc1)c1ccc(F)cc1F. The number of ether oxygens (including phenoxy) is 1. The van der Waals surface area contributed by atoms with Crippen LogP contribution in [0.1, 0.15) is 15.9 Å². The average Bonchev–Trinajstić information content (AvgIpc) is 2.46. The molecule has 110 valence electrons. The van der Waals surface area contributed by atoms with E-state index in [1.807, 2.05) is 0 Å². The number of halogens is 2. The van der Waals surface area contributed by atoms with Crippen LogP contribution in [0.5, 0.6) is 5.75 Å². The van der Waals surface area contributed by atoms with Crippen molar-refractivity contribution in [3.8, 4) is 5.75 Å². The highest BCUT2D eigenvalue weighted by Gasteiger charge is 2.13. The molecule has 0 bridgehead atoms. The lowest BCUT2D eigenvalue weighted by atomic mass is 10.1. The monoisotopic (exact) mass is 292 g/mol. The average molecular weight is 292 g/mol. The number of benzene rings is 2. The fraction of sp³-hybridized carbons (Fsp3) is 0.188. The third-order valence-corrected chi connectivity index (χ3v) is 2.93. The van der Waals surface area contributed by atoms with Crippen molar-refractivity contribution >= 4 is 5.78 Å². The summed E-state index contributed by atoms with van der Waals surface area (Å²) in [7, 11) is 0. The Hall–Kier alpha value is -2.27. The Kier molecular flexibility index (Phi) is 5.00. The standard InChI is InChI=1S/C16H14F2O3/c17-12-3-6-14(15(18)9-12)16(20)10-21-13-4-1-11(2-5-13)7-8-19/h1-6,9,19H,7-8,10H2. The molecule has 2 aromatic carbocycles. The maximum atomic E-state index is 13.4. The van der Waals surface area contributed by atoms with Gasteiger partial charge in [0.2, 0.25) is 5.78 Å². The maximum absolute atomic E-state index is 13.4. The number of rotatable bonds is 6. The van der Waals surface area contributed by atoms with E-state index in [-0.39, 0.29) is 18.8 Å². The minimum Gasteiger partial charge on any atom is -0.485 e. The Morgan fingerprint density at radius 1 is 1.10 bits per heavy atom. The predicted molar refractivity (Wildman–Crippen MR) is 73.4 cm³/mol. The van der Waals surface area contributed by atoms with Crippen LogP contribution in [0.25, 0.3) is 0 Å². The van der Waals surface area contributed by atoms with Gasteiger partial charge in [-0.2, -0.15) is 0 Å². The zero-order valence-electron chi connectivity index (χ0n) is 11.2. The highest BCUT2D eigenvalue weighted by molar-refractivity contribution is 5.97. The number of ketones is 1. The zero-order chi connectivity index (χ0) is 15.2. The molecule has 0 radical (unpaired) electrons. The molecule has 0 amide bonds. The van der Waals surface area contributed by atoms with Gasteiger partial charge >= 0.3 is 0 Å². The molecule has 0 atom stereocenters. The molecule has 2 aromatic rings. The third kappa shape index (κ3) is 4.10. The molecule has 1 N–H and O–H groups in total. The Bertz CT molecular complexity index is 624. The van der Waals surface area contributed by atoms with Crippen LogP contribution in [-0.2, 0) is 6.42 Å². The smallest absolute Gasteiger partial charge is 0.203 e. The van der Waals surface area contributed by atoms with Crippen LogP contribution < -0.4 is 4.74 Å². The molecule has 0 spiro atoms. The second-order valence-electron chi connectivity index (χ2n) is 4.45. The molecule has 2 rings (SSSR count). The van der Waals surface area contributed by atoms with Gasteiger partial charge in [0.05, 0.1) is 5.56 Å². The van der Waals surface area contributed by atoms with Gasteiger partial charge in [-0.15, -0.1) is 0 Å². The van der Waals surface area contributed by atoms with Crippen molar-refractivity contribution in [2.24, 2.45) is 0 Å². The Morgan fingerprint density at radius 2 is 1.81 bits per heavy atom. The fourth-order valence-electron chi connectivity index (χ4n) is 1.82. The molecule has 0 heterocycles. The van der Waals surface area contributed by atoms with Gasteiger partial charge in [0, 0.05) is 12.7 Å². The van der Waals surface area contributed by atoms with Gasteiger partial charge in [0.25, 0.3) is 0 Å². The maximum Gasteiger partial charge on any atom is 0.203 e. The summed E-state index contributed by atoms with van der Waals surface area (Å²) < 4.78 is 31.5. The van der Waals surface area contributed by atoms with Crippen molar-refractivity contribution in [2.45, 2.75) is 6.42 Å². The number of aliphatic hydroxyl groups is 1. The van der Waals surface area contributed by atoms with E-state index in [1.165, 1.54) is 0 Å². The summed E-state index contributed by atoms with van der Waals surface area (Å²) in [5.41, 5.74) is 0.744. The fourth-order valence-corrected chi connectivity index (χ4v) is 1.82. The first-order chi connectivity index (χ1) is 10.1. The van der Waals surface area contributed by atoms with Crippen LogP contribution in [-0.4, -0.2) is 24.1 Å². The van der Waals surface area contributed by atoms with E-state index in [2.05, 4.69) is 0 Å². The molecular weight excluding hydrogens is 278 g/mol. The molecule has 0 aliphatic heterocycles. The van der Waals surface area contributed by atoms with Crippen molar-refractivity contribution in [3.63, 3.8) is 0 Å². The van der Waals surface area contributed by atoms with Crippen molar-refractivity contribution < 1.29 is 23.4 Å². The third-order valence-electron chi connectivity index (χ3n) is 2.93. The van der Waals surface area contributed by atoms with E-state index in [0.29, 0.717) is 18.2 Å². The number of Topliss-reactive ketones (excluding diaryl/α,β-unsaturated/α-hetero) is 1. The summed E-state index contributed by atoms with van der Waals surface area (Å²) in [6, 6.07) is 9.67. The molecular formula is C16H14F2O3. The Balaban J connectivity index is 1.97. The van der Waals surface area contributed by atoms with Gasteiger partial charge in [-0.3, -0.25) is 4.79 Å². The van der Waals surface area contributed by atoms with Crippen LogP contribution in [0.3, 0.4) is 0 Å². The minimum absolute atomic E-state index is 0.0581. The topological polar surface area (TPSA) is 46.5 Å². The van der Waals surface area contributed by atoms with E-state index in [4.69, 9.17) is 9.84 Å². The van der Waals surface area contributed by atoms with E-state index < -0.39 is 17.4 Å². The molecule has 3 nitrogen and oxygen atoms in total. The number of carbonyl (C=O) groups excluding carboxylic acids is 1. The second kappa shape index (κ2) is 6.95. The van der Waals surface area contributed by atoms with Gasteiger partial charge in [0.15, 0.2) is 6.61 Å². The van der Waals surface area contributed by atoms with Gasteiger partial charge in [0.1, 0.15) is 17.4 Å². The lowest BCUT2D eigenvalue weighted by Crippen LogP contribution is -2.13. The lowest BCUT2D eigenvalue weighted by molar-refractivity contribution is 0.0917. The van der Waals surface area contributed by atoms with Gasteiger partial charge < -0.3 is 9.84 Å². The molecule has 0 fully saturated rings. The zero-order valence-corrected chi connectivity index (χ0v) is 11.2. The van der Waals surface area contributed by atoms with E-state index >= 15 is 0 Å². The van der Waals surface area contributed by atoms with E-state index in [9.17, 15) is 13.6 Å². The lowest BCUT2D eigenvalue weighted by Gasteiger charge is -2.07. The minimum atomic E-state index is -0.901. The van der Waals surface area contributed by atoms with Crippen molar-refractivity contribution in [3.05, 3.63) is 65.2 Å². The van der Waals surface area contributed by atoms with Crippen molar-refractivity contribution in [1.29, 1.82) is 0 Å². The molecule has 0 saturated heterocycles. The van der Waals surface area contributed by atoms with E-state index in [1.54, 1.807) is 24.3 Å². The molecule has 0 unspecified atom stereocenters. The first-order valence-electron chi connectivity index (χ1n) is 6.41. The summed E-state index contributed by atoms with van der Waals surface area (Å²) >= 11 is 0. The molecule has 0 saturated carbocycles. The molecule has 0 aromatic heterocycles. The summed E-state index contributed by atoms with van der Waals surface area (Å²) in [4.78, 5) is 11.8. The number of hydrogen-bond donors (Lipinski definition) is 1. The van der Waals surface area contributed by atoms with Crippen LogP contribution in [0.15, 0.2) is 42.5 Å². The van der Waals surface area contributed by atoms with Crippen LogP contribution in [0.2, 0.25) is 0 Å². The normalized spacial score (nSPS) is 10.4. The summed E-state index contributed by atoms with van der Waals surface area (Å²) in [5, 5.41) is 8.80. The second-order valence-corrected chi connectivity index (χ2v) is 4.45. The Morgan fingerprint density at radius 3 is 2.43 bits per heavy atom. The number of carbonyl (C=O) groups is 1. The van der Waals surface area contributed by atoms with Crippen molar-refractivity contribution in [1.82, 2.24) is 0 Å². The van der Waals surface area contributed by atoms with Crippen LogP contribution >= 0.6 is 0 Å². The van der Waals surface area contributed by atoms with Crippen molar-refractivity contribution in [2.75, 3.05) is 13.2 Å². The number of hydrogen-bond acceptors (Lipinski definition) is 3. The quantitative estimate of drug-likeness (QED) is 0.833. The summed E-state index contributed by atoms with van der Waals surface area (Å²) in [6.45, 7) is -0.273. The molecule has 21 heavy (non-hydrogen) atoms. The first kappa shape index (κ1) is 15.1. The Labute approximate surface area is 120 Å². The van der Waals surface area contributed by atoms with Crippen LogP contribution in [0.4, 0.5) is 8.78 Å². The van der Waals surface area contributed by atoms with Gasteiger partial charge in [-0.05, 0) is 36.2 Å². The highest BCUT2D eigenvalue weighted by Crippen LogP contribution is 2.14. The van der Waals surface area contributed by atoms with Gasteiger partial charge in [-0.25, -0.2) is 8.78 Å². The predicted octanol–water partition coefficient (Wildman–Crippen LogP) is 2.76. The largest absolute Gasteiger partial charge is 0.485 e. The first-order valence-corrected chi connectivity index (χ1v) is 6.41. The summed E-state index contributed by atoms with van der Waals surface area (Å²) in [5.74, 6) is -1.73. The highest BCUT2D eigenvalue weighted by atomic mass is 19.1. The van der Waals surface area contributed by atoms with E-state index in [0.717, 1.165) is 17.7 Å². The molecule has 0 aliphatic carbocycles. The summed E-state index contributed by atoms with van der Waals surface area (Å²) in [6.07, 6.45) is 0.542.